The highest BCUT2D eigenvalue weighted by Crippen LogP contribution is 2.26. The van der Waals surface area contributed by atoms with Gasteiger partial charge >= 0.3 is 17.9 Å². The molecule has 2 N–H and O–H groups in total. The lowest BCUT2D eigenvalue weighted by Crippen LogP contribution is -2.49. The highest BCUT2D eigenvalue weighted by Gasteiger charge is 2.40. The lowest BCUT2D eigenvalue weighted by molar-refractivity contribution is -0.153. The molecule has 0 saturated heterocycles. The van der Waals surface area contributed by atoms with Crippen LogP contribution < -0.4 is 5.32 Å². The Morgan fingerprint density at radius 1 is 0.867 bits per heavy atom. The Balaban J connectivity index is 2.45. The van der Waals surface area contributed by atoms with Gasteiger partial charge < -0.3 is 19.9 Å². The van der Waals surface area contributed by atoms with Crippen LogP contribution in [0.3, 0.4) is 0 Å². The van der Waals surface area contributed by atoms with Gasteiger partial charge in [-0.1, -0.05) is 93.7 Å². The van der Waals surface area contributed by atoms with Crippen LogP contribution in [-0.2, 0) is 23.9 Å². The van der Waals surface area contributed by atoms with Crippen molar-refractivity contribution < 1.29 is 33.8 Å². The first-order valence-corrected chi connectivity index (χ1v) is 15.3. The second-order valence-electron chi connectivity index (χ2n) is 10.7. The monoisotopic (exact) mass is 620 g/mol. The van der Waals surface area contributed by atoms with Crippen LogP contribution in [-0.4, -0.2) is 53.2 Å². The second kappa shape index (κ2) is 23.9. The molecule has 1 amide bonds. The number of aliphatic carboxylic acids is 1. The second-order valence-corrected chi connectivity index (χ2v) is 10.7. The fraction of sp³-hybridized carbons (Fsp3) is 0.417. The van der Waals surface area contributed by atoms with E-state index in [-0.39, 0.29) is 31.6 Å². The minimum atomic E-state index is -1.35. The smallest absolute Gasteiger partial charge is 0.340 e. The molecule has 1 atom stereocenters. The number of hydrogen-bond donors (Lipinski definition) is 2. The third-order valence-electron chi connectivity index (χ3n) is 6.19. The van der Waals surface area contributed by atoms with Crippen molar-refractivity contribution in [2.75, 3.05) is 13.2 Å². The van der Waals surface area contributed by atoms with E-state index in [1.165, 1.54) is 18.5 Å². The Labute approximate surface area is 267 Å². The highest BCUT2D eigenvalue weighted by atomic mass is 16.6. The first kappa shape index (κ1) is 38.5. The summed E-state index contributed by atoms with van der Waals surface area (Å²) in [5.74, 6) is -3.04. The van der Waals surface area contributed by atoms with Crippen LogP contribution in [0.25, 0.3) is 0 Å². The van der Waals surface area contributed by atoms with Gasteiger partial charge in [0.1, 0.15) is 6.61 Å². The van der Waals surface area contributed by atoms with E-state index >= 15 is 0 Å². The van der Waals surface area contributed by atoms with Gasteiger partial charge in [0.05, 0.1) is 18.4 Å². The van der Waals surface area contributed by atoms with Crippen LogP contribution in [0.5, 0.6) is 0 Å². The average Bonchev–Trinajstić information content (AvgIpc) is 3.02. The molecular formula is C36H48N2O7. The molecule has 0 bridgehead atoms. The molecule has 0 aromatic carbocycles. The van der Waals surface area contributed by atoms with Gasteiger partial charge in [-0.15, -0.1) is 0 Å². The number of carboxylic acids is 1. The number of hydrogen-bond acceptors (Lipinski definition) is 7. The zero-order valence-electron chi connectivity index (χ0n) is 26.7. The summed E-state index contributed by atoms with van der Waals surface area (Å²) in [6.45, 7) is 5.02. The number of aromatic nitrogens is 1. The van der Waals surface area contributed by atoms with Crippen LogP contribution >= 0.6 is 0 Å². The molecule has 0 fully saturated rings. The van der Waals surface area contributed by atoms with Crippen molar-refractivity contribution in [3.8, 4) is 0 Å². The molecule has 0 aliphatic rings. The van der Waals surface area contributed by atoms with E-state index < -0.39 is 35.3 Å². The molecule has 1 rings (SSSR count). The summed E-state index contributed by atoms with van der Waals surface area (Å²) in [5, 5.41) is 11.3. The number of carbonyl (C=O) groups is 4. The summed E-state index contributed by atoms with van der Waals surface area (Å²) in [7, 11) is 0. The predicted octanol–water partition coefficient (Wildman–Crippen LogP) is 6.86. The minimum Gasteiger partial charge on any atom is -0.481 e. The van der Waals surface area contributed by atoms with E-state index in [4.69, 9.17) is 14.6 Å². The van der Waals surface area contributed by atoms with Crippen molar-refractivity contribution in [3.63, 3.8) is 0 Å². The molecule has 1 unspecified atom stereocenters. The Morgan fingerprint density at radius 2 is 1.40 bits per heavy atom. The van der Waals surface area contributed by atoms with Gasteiger partial charge in [0.15, 0.2) is 6.10 Å². The molecule has 9 nitrogen and oxygen atoms in total. The Morgan fingerprint density at radius 3 is 1.89 bits per heavy atom. The van der Waals surface area contributed by atoms with Crippen LogP contribution in [0.15, 0.2) is 97.4 Å². The number of amides is 1. The van der Waals surface area contributed by atoms with Crippen molar-refractivity contribution >= 4 is 23.8 Å². The Bertz CT molecular complexity index is 1210. The van der Waals surface area contributed by atoms with Crippen molar-refractivity contribution in [1.82, 2.24) is 10.3 Å². The number of rotatable bonds is 22. The van der Waals surface area contributed by atoms with E-state index in [1.54, 1.807) is 26.0 Å². The molecular weight excluding hydrogens is 572 g/mol. The first-order valence-electron chi connectivity index (χ1n) is 15.3. The summed E-state index contributed by atoms with van der Waals surface area (Å²) in [4.78, 5) is 52.6. The van der Waals surface area contributed by atoms with Crippen molar-refractivity contribution in [3.05, 3.63) is 103 Å². The fourth-order valence-electron chi connectivity index (χ4n) is 3.71. The van der Waals surface area contributed by atoms with Crippen LogP contribution in [0.1, 0.15) is 82.5 Å². The minimum absolute atomic E-state index is 0.0474. The number of ether oxygens (including phenoxy) is 2. The van der Waals surface area contributed by atoms with Gasteiger partial charge in [-0.2, -0.15) is 0 Å². The van der Waals surface area contributed by atoms with Gasteiger partial charge in [0.2, 0.25) is 0 Å². The maximum Gasteiger partial charge on any atom is 0.340 e. The number of esters is 2. The van der Waals surface area contributed by atoms with Gasteiger partial charge in [0, 0.05) is 24.4 Å². The number of carboxylic acid groups (broad SMARTS) is 1. The van der Waals surface area contributed by atoms with Crippen LogP contribution in [0, 0.1) is 5.41 Å². The third kappa shape index (κ3) is 19.4. The third-order valence-corrected chi connectivity index (χ3v) is 6.19. The summed E-state index contributed by atoms with van der Waals surface area (Å²) >= 11 is 0. The summed E-state index contributed by atoms with van der Waals surface area (Å²) in [6.07, 6.45) is 31.5. The topological polar surface area (TPSA) is 132 Å². The van der Waals surface area contributed by atoms with Crippen LogP contribution in [0.2, 0.25) is 0 Å². The maximum atomic E-state index is 12.9. The van der Waals surface area contributed by atoms with Gasteiger partial charge in [-0.25, -0.2) is 4.79 Å². The summed E-state index contributed by atoms with van der Waals surface area (Å²) in [5.41, 5.74) is -0.967. The standard InChI is InChI=1S/C36H48N2O7/c1-4-5-6-7-8-9-10-11-12-13-14-15-16-17-18-19-20-21-24-32(41)44-29-36(2,3)33(34(42)38-27-25-31(39)40)45-35(43)30-23-22-26-37-28-30/h5-6,8-9,11-12,14-15,17-18,20-23,26,28,33H,4,7,10,13,16,19,24-25,27,29H2,1-3H3,(H,38,42)(H,39,40)/b6-5-,9-8-,12-11-,15-14-,18-17-,21-20-. The summed E-state index contributed by atoms with van der Waals surface area (Å²) in [6, 6.07) is 3.05. The van der Waals surface area contributed by atoms with Gasteiger partial charge in [-0.05, 0) is 50.7 Å². The van der Waals surface area contributed by atoms with E-state index in [0.717, 1.165) is 32.1 Å². The molecule has 0 saturated carbocycles. The molecule has 9 heteroatoms. The van der Waals surface area contributed by atoms with Gasteiger partial charge in [0.25, 0.3) is 5.91 Å². The number of allylic oxidation sites excluding steroid dienone is 11. The number of pyridine rings is 1. The Kier molecular flexibility index (Phi) is 20.4. The lowest BCUT2D eigenvalue weighted by atomic mass is 9.86. The predicted molar refractivity (Wildman–Crippen MR) is 176 cm³/mol. The zero-order valence-corrected chi connectivity index (χ0v) is 26.7. The zero-order chi connectivity index (χ0) is 33.2. The van der Waals surface area contributed by atoms with E-state index in [9.17, 15) is 19.2 Å². The quantitative estimate of drug-likeness (QED) is 0.106. The van der Waals surface area contributed by atoms with E-state index in [1.807, 2.05) is 12.2 Å². The lowest BCUT2D eigenvalue weighted by Gasteiger charge is -2.32. The van der Waals surface area contributed by atoms with E-state index in [2.05, 4.69) is 71.9 Å². The molecule has 1 aromatic rings. The molecule has 45 heavy (non-hydrogen) atoms. The molecule has 1 aromatic heterocycles. The molecule has 1 heterocycles. The van der Waals surface area contributed by atoms with Crippen molar-refractivity contribution in [1.29, 1.82) is 0 Å². The fourth-order valence-corrected chi connectivity index (χ4v) is 3.71. The van der Waals surface area contributed by atoms with E-state index in [0.29, 0.717) is 6.42 Å². The normalized spacial score (nSPS) is 13.0. The average molecular weight is 621 g/mol. The summed E-state index contributed by atoms with van der Waals surface area (Å²) < 4.78 is 10.9. The number of carbonyl (C=O) groups excluding carboxylic acids is 3. The molecule has 0 radical (unpaired) electrons. The van der Waals surface area contributed by atoms with Crippen molar-refractivity contribution in [2.24, 2.45) is 5.41 Å². The van der Waals surface area contributed by atoms with Crippen LogP contribution in [0.4, 0.5) is 0 Å². The van der Waals surface area contributed by atoms with Gasteiger partial charge in [-0.3, -0.25) is 19.4 Å². The molecule has 0 spiro atoms. The molecule has 0 aliphatic carbocycles. The largest absolute Gasteiger partial charge is 0.481 e. The molecule has 0 aliphatic heterocycles. The SMILES string of the molecule is CC/C=C\C/C=C\C/C=C\C/C=C\C/C=C\C/C=C\CC(=O)OCC(C)(C)C(OC(=O)c1cccnc1)C(=O)NCCC(=O)O. The highest BCUT2D eigenvalue weighted by molar-refractivity contribution is 5.92. The first-order chi connectivity index (χ1) is 21.7. The number of nitrogens with zero attached hydrogens (tertiary/aromatic N) is 1. The number of nitrogens with one attached hydrogen (secondary N) is 1. The Hall–Kier alpha value is -4.53. The molecule has 244 valence electrons. The van der Waals surface area contributed by atoms with Crippen molar-refractivity contribution in [2.45, 2.75) is 78.2 Å². The maximum absolute atomic E-state index is 12.9.